The van der Waals surface area contributed by atoms with Crippen molar-refractivity contribution in [3.05, 3.63) is 44.7 Å². The highest BCUT2D eigenvalue weighted by molar-refractivity contribution is 7.79. The topological polar surface area (TPSA) is 182 Å². The maximum Gasteiger partial charge on any atom is 0.313 e. The number of likely N-dealkylation sites (tertiary alicyclic amines) is 1. The molecule has 1 aromatic heterocycles. The summed E-state index contributed by atoms with van der Waals surface area (Å²) in [4.78, 5) is 50.0. The number of hydroxylamine groups is 2. The smallest absolute Gasteiger partial charge is 0.313 e. The summed E-state index contributed by atoms with van der Waals surface area (Å²) in [5, 5.41) is 1.40. The molecular formula is C37H47F4N4O10S2-. The van der Waals surface area contributed by atoms with Crippen LogP contribution < -0.4 is 10.5 Å². The first-order valence-electron chi connectivity index (χ1n) is 18.6. The third-order valence-electron chi connectivity index (χ3n) is 8.93. The van der Waals surface area contributed by atoms with Gasteiger partial charge in [0.15, 0.2) is 11.6 Å². The van der Waals surface area contributed by atoms with Gasteiger partial charge in [0, 0.05) is 36.5 Å². The average Bonchev–Trinajstić information content (AvgIpc) is 3.48. The predicted molar refractivity (Wildman–Crippen MR) is 200 cm³/mol. The molecule has 2 aliphatic rings. The van der Waals surface area contributed by atoms with Crippen LogP contribution in [0.5, 0.6) is 5.75 Å². The predicted octanol–water partition coefficient (Wildman–Crippen LogP) is 5.12. The Bertz CT molecular complexity index is 1770. The third kappa shape index (κ3) is 13.4. The number of benzene rings is 1. The minimum Gasteiger partial charge on any atom is -0.768 e. The fourth-order valence-electron chi connectivity index (χ4n) is 6.07. The van der Waals surface area contributed by atoms with Gasteiger partial charge < -0.3 is 34.1 Å². The number of aryl methyl sites for hydroxylation is 1. The number of rotatable bonds is 22. The highest BCUT2D eigenvalue weighted by Crippen LogP contribution is 2.37. The van der Waals surface area contributed by atoms with Crippen molar-refractivity contribution in [1.29, 1.82) is 0 Å². The standard InChI is InChI=1S/C37H48F4N4O10S2/c1-3-11-45(54-4-2)37(48)24-20-27-26(43-28(42)21-24)22-25(56-27)6-5-23-7-12-44(13-8-23)29(46)9-14-51-16-18-53-19-17-52-15-10-30(47)55-35-31(38)33(40)36(57(49)50)34(41)32(35)39/h20,22-23H,3-19,21H2,1-2H3,(H2,42,43)(H,49,50)/p-1. The number of thiophene rings is 1. The van der Waals surface area contributed by atoms with Crippen LogP contribution in [0, 0.1) is 29.2 Å². The number of hydrogen-bond acceptors (Lipinski definition) is 13. The molecule has 20 heteroatoms. The second-order valence-corrected chi connectivity index (χ2v) is 15.1. The molecule has 14 nitrogen and oxygen atoms in total. The zero-order valence-corrected chi connectivity index (χ0v) is 33.4. The fourth-order valence-corrected chi connectivity index (χ4v) is 7.62. The van der Waals surface area contributed by atoms with Crippen LogP contribution in [-0.4, -0.2) is 108 Å². The molecule has 2 aromatic rings. The number of piperidine rings is 1. The lowest BCUT2D eigenvalue weighted by Crippen LogP contribution is -2.39. The first-order chi connectivity index (χ1) is 27.3. The monoisotopic (exact) mass is 847 g/mol. The molecule has 1 unspecified atom stereocenters. The summed E-state index contributed by atoms with van der Waals surface area (Å²) in [6.07, 6.45) is 6.27. The summed E-state index contributed by atoms with van der Waals surface area (Å²) >= 11 is -1.99. The van der Waals surface area contributed by atoms with Gasteiger partial charge in [-0.1, -0.05) is 6.92 Å². The van der Waals surface area contributed by atoms with Gasteiger partial charge in [-0.05, 0) is 68.2 Å². The minimum atomic E-state index is -3.61. The van der Waals surface area contributed by atoms with Crippen LogP contribution in [0.4, 0.5) is 23.2 Å². The van der Waals surface area contributed by atoms with Gasteiger partial charge in [-0.15, -0.1) is 11.3 Å². The first kappa shape index (κ1) is 45.9. The van der Waals surface area contributed by atoms with Gasteiger partial charge in [-0.3, -0.25) is 23.4 Å². The highest BCUT2D eigenvalue weighted by Gasteiger charge is 2.29. The summed E-state index contributed by atoms with van der Waals surface area (Å²) in [7, 11) is 0. The number of aliphatic imine (C=N–C) groups is 1. The Labute approximate surface area is 334 Å². The van der Waals surface area contributed by atoms with Crippen LogP contribution in [0.1, 0.15) is 68.5 Å². The largest absolute Gasteiger partial charge is 0.768 e. The molecule has 1 fully saturated rings. The lowest BCUT2D eigenvalue weighted by Gasteiger charge is -2.32. The van der Waals surface area contributed by atoms with Crippen molar-refractivity contribution in [2.24, 2.45) is 16.6 Å². The van der Waals surface area contributed by atoms with E-state index in [-0.39, 0.29) is 64.3 Å². The van der Waals surface area contributed by atoms with Gasteiger partial charge in [0.1, 0.15) is 10.7 Å². The van der Waals surface area contributed by atoms with Gasteiger partial charge in [0.2, 0.25) is 23.3 Å². The van der Waals surface area contributed by atoms with Crippen molar-refractivity contribution in [3.63, 3.8) is 0 Å². The van der Waals surface area contributed by atoms with Gasteiger partial charge in [0.05, 0.1) is 69.7 Å². The van der Waals surface area contributed by atoms with Crippen molar-refractivity contribution < 1.29 is 64.5 Å². The molecule has 3 heterocycles. The molecule has 57 heavy (non-hydrogen) atoms. The van der Waals surface area contributed by atoms with E-state index >= 15 is 0 Å². The van der Waals surface area contributed by atoms with Crippen molar-refractivity contribution >= 4 is 57.8 Å². The number of halogens is 4. The Morgan fingerprint density at radius 1 is 0.965 bits per heavy atom. The van der Waals surface area contributed by atoms with E-state index in [0.29, 0.717) is 43.6 Å². The zero-order chi connectivity index (χ0) is 41.5. The Morgan fingerprint density at radius 2 is 1.58 bits per heavy atom. The Kier molecular flexibility index (Phi) is 18.5. The molecule has 1 aromatic carbocycles. The molecule has 0 spiro atoms. The maximum atomic E-state index is 13.9. The first-order valence-corrected chi connectivity index (χ1v) is 20.5. The van der Waals surface area contributed by atoms with Crippen molar-refractivity contribution in [3.8, 4) is 5.75 Å². The molecule has 1 atom stereocenters. The number of fused-ring (bicyclic) bond motifs is 1. The number of amidine groups is 1. The Morgan fingerprint density at radius 3 is 2.18 bits per heavy atom. The van der Waals surface area contributed by atoms with Crippen molar-refractivity contribution in [2.75, 3.05) is 65.9 Å². The van der Waals surface area contributed by atoms with Crippen LogP contribution in [0.3, 0.4) is 0 Å². The van der Waals surface area contributed by atoms with Gasteiger partial charge >= 0.3 is 5.97 Å². The summed E-state index contributed by atoms with van der Waals surface area (Å²) in [5.41, 5.74) is 7.51. The number of amides is 2. The molecule has 2 amide bonds. The van der Waals surface area contributed by atoms with Crippen LogP contribution >= 0.6 is 11.3 Å². The van der Waals surface area contributed by atoms with E-state index in [0.717, 1.165) is 42.7 Å². The zero-order valence-electron chi connectivity index (χ0n) is 31.8. The summed E-state index contributed by atoms with van der Waals surface area (Å²) < 4.78 is 97.4. The van der Waals surface area contributed by atoms with Crippen LogP contribution in [-0.2, 0) is 50.9 Å². The summed E-state index contributed by atoms with van der Waals surface area (Å²) in [5.74, 6) is -11.0. The molecule has 2 aliphatic heterocycles. The number of hydrogen-bond donors (Lipinski definition) is 1. The maximum absolute atomic E-state index is 13.9. The minimum absolute atomic E-state index is 0.0226. The van der Waals surface area contributed by atoms with E-state index in [1.807, 2.05) is 30.9 Å². The molecular weight excluding hydrogens is 801 g/mol. The van der Waals surface area contributed by atoms with Gasteiger partial charge in [-0.2, -0.15) is 8.78 Å². The molecule has 1 saturated heterocycles. The number of esters is 1. The normalized spacial score (nSPS) is 15.1. The Balaban J connectivity index is 1.05. The van der Waals surface area contributed by atoms with Crippen molar-refractivity contribution in [1.82, 2.24) is 9.96 Å². The molecule has 0 bridgehead atoms. The number of carbonyl (C=O) groups excluding carboxylic acids is 3. The van der Waals surface area contributed by atoms with E-state index in [4.69, 9.17) is 24.8 Å². The Hall–Kier alpha value is -3.79. The third-order valence-corrected chi connectivity index (χ3v) is 10.8. The number of nitrogens with two attached hydrogens (primary N) is 1. The average molecular weight is 848 g/mol. The molecule has 2 N–H and O–H groups in total. The van der Waals surface area contributed by atoms with E-state index in [9.17, 15) is 40.7 Å². The quantitative estimate of drug-likeness (QED) is 0.0316. The van der Waals surface area contributed by atoms with E-state index in [1.165, 1.54) is 9.94 Å². The fraction of sp³-hybridized carbons (Fsp3) is 0.568. The molecule has 0 aliphatic carbocycles. The van der Waals surface area contributed by atoms with Crippen LogP contribution in [0.2, 0.25) is 0 Å². The molecule has 0 radical (unpaired) electrons. The van der Waals surface area contributed by atoms with E-state index < -0.39 is 57.4 Å². The lowest BCUT2D eigenvalue weighted by atomic mass is 9.92. The summed E-state index contributed by atoms with van der Waals surface area (Å²) in [6, 6.07) is 2.05. The molecule has 4 rings (SSSR count). The number of ether oxygens (including phenoxy) is 4. The van der Waals surface area contributed by atoms with E-state index in [2.05, 4.69) is 9.73 Å². The second-order valence-electron chi connectivity index (χ2n) is 13.1. The van der Waals surface area contributed by atoms with Crippen LogP contribution in [0.15, 0.2) is 21.5 Å². The lowest BCUT2D eigenvalue weighted by molar-refractivity contribution is -0.180. The second kappa shape index (κ2) is 23.0. The van der Waals surface area contributed by atoms with Gasteiger partial charge in [0.25, 0.3) is 5.91 Å². The number of carbonyl (C=O) groups is 3. The molecule has 0 saturated carbocycles. The highest BCUT2D eigenvalue weighted by atomic mass is 32.2. The van der Waals surface area contributed by atoms with Crippen LogP contribution in [0.25, 0.3) is 6.08 Å². The number of nitrogens with zero attached hydrogens (tertiary/aromatic N) is 3. The molecule has 316 valence electrons. The van der Waals surface area contributed by atoms with Crippen molar-refractivity contribution in [2.45, 2.75) is 70.1 Å². The van der Waals surface area contributed by atoms with E-state index in [1.54, 1.807) is 11.3 Å². The summed E-state index contributed by atoms with van der Waals surface area (Å²) in [6.45, 7) is 6.61. The SMILES string of the molecule is CCCN(OCC)C(=O)C1=Cc2sc(CCC3CCN(C(=O)CCOCCOCCOCCC(=O)Oc4c(F)c(F)c(S(=O)[O-])c(F)c4F)CC3)cc2N=C(N)C1. The van der Waals surface area contributed by atoms with Gasteiger partial charge in [-0.25, -0.2) is 18.8 Å².